The van der Waals surface area contributed by atoms with E-state index >= 15 is 0 Å². The number of thiophene rings is 1. The molecule has 0 N–H and O–H groups in total. The number of benzene rings is 1. The Morgan fingerprint density at radius 3 is 2.60 bits per heavy atom. The van der Waals surface area contributed by atoms with Crippen molar-refractivity contribution in [2.45, 2.75) is 12.8 Å². The highest BCUT2D eigenvalue weighted by Gasteiger charge is 2.23. The molecule has 1 aromatic carbocycles. The van der Waals surface area contributed by atoms with Crippen LogP contribution in [0.25, 0.3) is 20.7 Å². The molecule has 1 aliphatic rings. The van der Waals surface area contributed by atoms with Gasteiger partial charge >= 0.3 is 0 Å². The zero-order valence-corrected chi connectivity index (χ0v) is 14.1. The van der Waals surface area contributed by atoms with E-state index in [1.807, 2.05) is 6.07 Å². The van der Waals surface area contributed by atoms with E-state index in [1.54, 1.807) is 23.5 Å². The van der Waals surface area contributed by atoms with Gasteiger partial charge in [0.1, 0.15) is 18.0 Å². The van der Waals surface area contributed by atoms with Crippen molar-refractivity contribution in [3.05, 3.63) is 42.5 Å². The summed E-state index contributed by atoms with van der Waals surface area (Å²) in [5, 5.41) is 11.0. The molecule has 0 unspecified atom stereocenters. The fourth-order valence-electron chi connectivity index (χ4n) is 3.15. The first-order valence-electron chi connectivity index (χ1n) is 8.08. The van der Waals surface area contributed by atoms with Crippen LogP contribution in [-0.4, -0.2) is 29.0 Å². The molecule has 1 aliphatic heterocycles. The SMILES string of the molecule is O=C([O-])C1CCN(c2ncnc3cc(-c4ccc(F)cc4)sc23)CC1. The van der Waals surface area contributed by atoms with Gasteiger partial charge in [-0.15, -0.1) is 11.3 Å². The lowest BCUT2D eigenvalue weighted by atomic mass is 9.97. The van der Waals surface area contributed by atoms with Crippen LogP contribution >= 0.6 is 11.3 Å². The Morgan fingerprint density at radius 1 is 1.20 bits per heavy atom. The molecule has 1 fully saturated rings. The highest BCUT2D eigenvalue weighted by molar-refractivity contribution is 7.22. The van der Waals surface area contributed by atoms with Crippen molar-refractivity contribution in [3.8, 4) is 10.4 Å². The third-order valence-corrected chi connectivity index (χ3v) is 5.72. The molecule has 0 atom stereocenters. The Bertz CT molecular complexity index is 918. The van der Waals surface area contributed by atoms with E-state index < -0.39 is 5.97 Å². The van der Waals surface area contributed by atoms with E-state index in [-0.39, 0.29) is 11.7 Å². The maximum atomic E-state index is 13.1. The van der Waals surface area contributed by atoms with Crippen molar-refractivity contribution < 1.29 is 14.3 Å². The zero-order chi connectivity index (χ0) is 17.4. The molecule has 0 bridgehead atoms. The topological polar surface area (TPSA) is 69.2 Å². The predicted molar refractivity (Wildman–Crippen MR) is 92.8 cm³/mol. The van der Waals surface area contributed by atoms with Crippen LogP contribution in [0.4, 0.5) is 10.2 Å². The molecule has 25 heavy (non-hydrogen) atoms. The standard InChI is InChI=1S/C18H16FN3O2S/c19-13-3-1-11(2-4-13)15-9-14-16(25-15)17(21-10-20-14)22-7-5-12(6-8-22)18(23)24/h1-4,9-10,12H,5-8H2,(H,23,24)/p-1. The van der Waals surface area contributed by atoms with Gasteiger partial charge in [-0.05, 0) is 36.6 Å². The van der Waals surface area contributed by atoms with E-state index in [0.717, 1.165) is 26.5 Å². The van der Waals surface area contributed by atoms with Crippen LogP contribution in [0, 0.1) is 11.7 Å². The number of carboxylic acids is 1. The van der Waals surface area contributed by atoms with Crippen LogP contribution in [0.1, 0.15) is 12.8 Å². The molecule has 3 heterocycles. The smallest absolute Gasteiger partial charge is 0.150 e. The normalized spacial score (nSPS) is 15.6. The maximum absolute atomic E-state index is 13.1. The molecule has 0 spiro atoms. The largest absolute Gasteiger partial charge is 0.550 e. The van der Waals surface area contributed by atoms with Crippen LogP contribution in [0.2, 0.25) is 0 Å². The summed E-state index contributed by atoms with van der Waals surface area (Å²) in [4.78, 5) is 22.9. The molecule has 2 aromatic heterocycles. The first-order chi connectivity index (χ1) is 12.1. The fourth-order valence-corrected chi connectivity index (χ4v) is 4.28. The monoisotopic (exact) mass is 356 g/mol. The van der Waals surface area contributed by atoms with Crippen molar-refractivity contribution in [2.24, 2.45) is 5.92 Å². The number of rotatable bonds is 3. The second kappa shape index (κ2) is 6.40. The number of carboxylic acid groups (broad SMARTS) is 1. The van der Waals surface area contributed by atoms with E-state index in [0.29, 0.717) is 25.9 Å². The van der Waals surface area contributed by atoms with E-state index in [4.69, 9.17) is 0 Å². The number of aliphatic carboxylic acids is 1. The number of aromatic nitrogens is 2. The number of carbonyl (C=O) groups excluding carboxylic acids is 1. The molecule has 128 valence electrons. The number of hydrogen-bond donors (Lipinski definition) is 0. The van der Waals surface area contributed by atoms with Gasteiger partial charge in [0.2, 0.25) is 0 Å². The maximum Gasteiger partial charge on any atom is 0.150 e. The second-order valence-electron chi connectivity index (χ2n) is 6.11. The molecule has 0 saturated carbocycles. The summed E-state index contributed by atoms with van der Waals surface area (Å²) in [5.41, 5.74) is 1.78. The number of halogens is 1. The van der Waals surface area contributed by atoms with Gasteiger partial charge in [0.05, 0.1) is 10.2 Å². The molecule has 0 amide bonds. The lowest BCUT2D eigenvalue weighted by Crippen LogP contribution is -2.41. The summed E-state index contributed by atoms with van der Waals surface area (Å²) in [5.74, 6) is -0.782. The summed E-state index contributed by atoms with van der Waals surface area (Å²) in [6.07, 6.45) is 2.65. The average Bonchev–Trinajstić information content (AvgIpc) is 3.06. The molecule has 1 saturated heterocycles. The Balaban J connectivity index is 1.66. The first-order valence-corrected chi connectivity index (χ1v) is 8.90. The van der Waals surface area contributed by atoms with Gasteiger partial charge in [-0.3, -0.25) is 0 Å². The minimum atomic E-state index is -0.970. The van der Waals surface area contributed by atoms with Gasteiger partial charge in [0, 0.05) is 29.9 Å². The van der Waals surface area contributed by atoms with Crippen molar-refractivity contribution in [1.82, 2.24) is 9.97 Å². The first kappa shape index (κ1) is 16.0. The zero-order valence-electron chi connectivity index (χ0n) is 13.3. The summed E-state index contributed by atoms with van der Waals surface area (Å²) in [7, 11) is 0. The molecule has 3 aromatic rings. The van der Waals surface area contributed by atoms with Gasteiger partial charge in [0.25, 0.3) is 0 Å². The van der Waals surface area contributed by atoms with Crippen LogP contribution in [-0.2, 0) is 4.79 Å². The van der Waals surface area contributed by atoms with Crippen molar-refractivity contribution in [1.29, 1.82) is 0 Å². The van der Waals surface area contributed by atoms with E-state index in [1.165, 1.54) is 18.5 Å². The van der Waals surface area contributed by atoms with E-state index in [2.05, 4.69) is 14.9 Å². The summed E-state index contributed by atoms with van der Waals surface area (Å²) < 4.78 is 14.1. The van der Waals surface area contributed by atoms with Gasteiger partial charge in [0.15, 0.2) is 0 Å². The Morgan fingerprint density at radius 2 is 1.92 bits per heavy atom. The summed E-state index contributed by atoms with van der Waals surface area (Å²) >= 11 is 1.57. The predicted octanol–water partition coefficient (Wildman–Crippen LogP) is 2.46. The minimum Gasteiger partial charge on any atom is -0.550 e. The number of carbonyl (C=O) groups is 1. The second-order valence-corrected chi connectivity index (χ2v) is 7.16. The van der Waals surface area contributed by atoms with Gasteiger partial charge in [-0.2, -0.15) is 0 Å². The highest BCUT2D eigenvalue weighted by atomic mass is 32.1. The molecule has 0 aliphatic carbocycles. The average molecular weight is 356 g/mol. The fraction of sp³-hybridized carbons (Fsp3) is 0.278. The number of anilines is 1. The van der Waals surface area contributed by atoms with Crippen molar-refractivity contribution in [2.75, 3.05) is 18.0 Å². The molecule has 7 heteroatoms. The highest BCUT2D eigenvalue weighted by Crippen LogP contribution is 2.37. The minimum absolute atomic E-state index is 0.263. The molecule has 5 nitrogen and oxygen atoms in total. The van der Waals surface area contributed by atoms with Gasteiger partial charge in [-0.1, -0.05) is 12.1 Å². The summed E-state index contributed by atoms with van der Waals surface area (Å²) in [6.45, 7) is 1.27. The lowest BCUT2D eigenvalue weighted by molar-refractivity contribution is -0.312. The number of fused-ring (bicyclic) bond motifs is 1. The molecule has 4 rings (SSSR count). The Labute approximate surface area is 147 Å². The number of hydrogen-bond acceptors (Lipinski definition) is 6. The van der Waals surface area contributed by atoms with E-state index in [9.17, 15) is 14.3 Å². The Kier molecular flexibility index (Phi) is 4.09. The third-order valence-electron chi connectivity index (χ3n) is 4.55. The van der Waals surface area contributed by atoms with Crippen LogP contribution in [0.5, 0.6) is 0 Å². The van der Waals surface area contributed by atoms with Crippen LogP contribution < -0.4 is 10.0 Å². The van der Waals surface area contributed by atoms with Gasteiger partial charge < -0.3 is 14.8 Å². The number of nitrogens with zero attached hydrogens (tertiary/aromatic N) is 3. The molecule has 0 radical (unpaired) electrons. The van der Waals surface area contributed by atoms with Crippen LogP contribution in [0.15, 0.2) is 36.7 Å². The Hall–Kier alpha value is -2.54. The number of piperidine rings is 1. The third kappa shape index (κ3) is 3.07. The molecular weight excluding hydrogens is 341 g/mol. The summed E-state index contributed by atoms with van der Waals surface area (Å²) in [6, 6.07) is 8.36. The van der Waals surface area contributed by atoms with Crippen molar-refractivity contribution >= 4 is 33.3 Å². The van der Waals surface area contributed by atoms with Gasteiger partial charge in [-0.25, -0.2) is 14.4 Å². The van der Waals surface area contributed by atoms with Crippen LogP contribution in [0.3, 0.4) is 0 Å². The van der Waals surface area contributed by atoms with Crippen molar-refractivity contribution in [3.63, 3.8) is 0 Å². The quantitative estimate of drug-likeness (QED) is 0.721. The molecular formula is C18H15FN3O2S-. The lowest BCUT2D eigenvalue weighted by Gasteiger charge is -2.33.